The molecular formula is C38H40ClN7O5. The van der Waals surface area contributed by atoms with E-state index in [0.717, 1.165) is 18.4 Å². The molecule has 12 nitrogen and oxygen atoms in total. The molecule has 2 amide bonds. The number of anilines is 1. The van der Waals surface area contributed by atoms with Crippen LogP contribution < -0.4 is 16.6 Å². The zero-order valence-corrected chi connectivity index (χ0v) is 29.5. The predicted octanol–water partition coefficient (Wildman–Crippen LogP) is 5.73. The molecule has 2 heterocycles. The van der Waals surface area contributed by atoms with Crippen LogP contribution in [0.3, 0.4) is 0 Å². The Morgan fingerprint density at radius 2 is 1.84 bits per heavy atom. The lowest BCUT2D eigenvalue weighted by atomic mass is 10.1. The van der Waals surface area contributed by atoms with Gasteiger partial charge in [-0.15, -0.1) is 0 Å². The molecule has 2 atom stereocenters. The van der Waals surface area contributed by atoms with E-state index in [0.29, 0.717) is 46.8 Å². The number of hydrogen-bond acceptors (Lipinski definition) is 8. The summed E-state index contributed by atoms with van der Waals surface area (Å²) >= 11 is 6.24. The number of carbonyl (C=O) groups excluding carboxylic acids is 2. The van der Waals surface area contributed by atoms with Crippen molar-refractivity contribution in [2.45, 2.75) is 65.1 Å². The van der Waals surface area contributed by atoms with Gasteiger partial charge in [0.2, 0.25) is 0 Å². The predicted molar refractivity (Wildman–Crippen MR) is 197 cm³/mol. The number of nitrogens with one attached hydrogen (secondary N) is 1. The highest BCUT2D eigenvalue weighted by Gasteiger charge is 2.36. The number of nitrogens with zero attached hydrogens (tertiary/aromatic N) is 6. The lowest BCUT2D eigenvalue weighted by molar-refractivity contribution is -0.130. The number of halogens is 1. The van der Waals surface area contributed by atoms with E-state index >= 15 is 0 Å². The summed E-state index contributed by atoms with van der Waals surface area (Å²) in [5.74, 6) is 0.178. The van der Waals surface area contributed by atoms with Crippen molar-refractivity contribution in [3.63, 3.8) is 0 Å². The number of Topliss-reactive ketones (excluding diaryl/α,β-unsaturated/α-hetero) is 1. The van der Waals surface area contributed by atoms with Crippen molar-refractivity contribution < 1.29 is 14.3 Å². The molecule has 1 N–H and O–H groups in total. The minimum atomic E-state index is -0.726. The van der Waals surface area contributed by atoms with Crippen LogP contribution in [-0.2, 0) is 22.7 Å². The van der Waals surface area contributed by atoms with Crippen molar-refractivity contribution in [3.8, 4) is 6.07 Å². The van der Waals surface area contributed by atoms with Gasteiger partial charge in [0.25, 0.3) is 5.56 Å². The molecule has 2 unspecified atom stereocenters. The van der Waals surface area contributed by atoms with Gasteiger partial charge in [-0.1, -0.05) is 41.9 Å². The molecule has 6 rings (SSSR count). The normalized spacial score (nSPS) is 17.2. The molecule has 1 aliphatic carbocycles. The zero-order valence-electron chi connectivity index (χ0n) is 28.8. The fourth-order valence-corrected chi connectivity index (χ4v) is 6.55. The summed E-state index contributed by atoms with van der Waals surface area (Å²) in [6.07, 6.45) is 2.87. The van der Waals surface area contributed by atoms with E-state index < -0.39 is 18.3 Å². The number of nitriles is 1. The van der Waals surface area contributed by atoms with Gasteiger partial charge in [-0.05, 0) is 81.5 Å². The molecule has 2 aliphatic rings. The monoisotopic (exact) mass is 709 g/mol. The van der Waals surface area contributed by atoms with E-state index in [2.05, 4.69) is 10.3 Å². The Hall–Kier alpha value is -5.09. The van der Waals surface area contributed by atoms with Gasteiger partial charge >= 0.3 is 11.7 Å². The van der Waals surface area contributed by atoms with Gasteiger partial charge in [0.05, 0.1) is 39.8 Å². The number of ether oxygens (including phenoxy) is 1. The maximum absolute atomic E-state index is 13.6. The maximum atomic E-state index is 13.6. The molecule has 4 aromatic rings. The van der Waals surface area contributed by atoms with Crippen molar-refractivity contribution in [3.05, 3.63) is 104 Å². The molecular weight excluding hydrogens is 670 g/mol. The van der Waals surface area contributed by atoms with Crippen molar-refractivity contribution in [1.29, 1.82) is 5.26 Å². The van der Waals surface area contributed by atoms with Crippen molar-refractivity contribution >= 4 is 51.9 Å². The van der Waals surface area contributed by atoms with E-state index in [-0.39, 0.29) is 47.8 Å². The Labute approximate surface area is 300 Å². The van der Waals surface area contributed by atoms with Gasteiger partial charge in [0.1, 0.15) is 18.1 Å². The third kappa shape index (κ3) is 8.12. The first-order valence-electron chi connectivity index (χ1n) is 17.0. The van der Waals surface area contributed by atoms with Crippen LogP contribution in [0.1, 0.15) is 50.8 Å². The molecule has 3 aromatic carbocycles. The molecule has 0 bridgehead atoms. The topological polar surface area (TPSA) is 142 Å². The standard InChI is InChI=1S/C38H40ClN7O5/c1-24(2)46-33-14-13-30(17-31(33)36(48)45(38(46)50)21-26-9-10-26)42-37(49)43-15-16-44(34(22-43)25(3)47)35(51-23-27-7-5-4-6-8-27)20-41-29-12-11-28(19-40)32(39)18-29/h4-8,11-14,17-18,20,24,26,34-35H,9-10,15-16,21-23H2,1-3H3,(H,42,49). The SMILES string of the molecule is CC(=O)C1CN(C(=O)Nc2ccc3c(c2)c(=O)n(CC2CC2)c(=O)n3C(C)C)CCN1C(C=Nc1ccc(C#N)c(Cl)c1)OCc1ccccc1. The summed E-state index contributed by atoms with van der Waals surface area (Å²) in [5.41, 5.74) is 2.03. The first-order chi connectivity index (χ1) is 24.5. The second-order valence-corrected chi connectivity index (χ2v) is 13.7. The number of benzene rings is 3. The highest BCUT2D eigenvalue weighted by atomic mass is 35.5. The van der Waals surface area contributed by atoms with Crippen molar-refractivity contribution in [1.82, 2.24) is 18.9 Å². The number of amides is 2. The summed E-state index contributed by atoms with van der Waals surface area (Å²) in [7, 11) is 0. The molecule has 1 aliphatic heterocycles. The second kappa shape index (κ2) is 15.4. The number of urea groups is 1. The average molecular weight is 710 g/mol. The zero-order chi connectivity index (χ0) is 36.2. The Balaban J connectivity index is 1.22. The molecule has 0 spiro atoms. The Kier molecular flexibility index (Phi) is 10.8. The second-order valence-electron chi connectivity index (χ2n) is 13.3. The van der Waals surface area contributed by atoms with Crippen LogP contribution in [0.2, 0.25) is 5.02 Å². The van der Waals surface area contributed by atoms with E-state index in [1.54, 1.807) is 52.1 Å². The Morgan fingerprint density at radius 3 is 2.51 bits per heavy atom. The fraction of sp³-hybridized carbons (Fsp3) is 0.368. The van der Waals surface area contributed by atoms with Crippen LogP contribution in [0.5, 0.6) is 0 Å². The van der Waals surface area contributed by atoms with Crippen LogP contribution >= 0.6 is 11.6 Å². The number of piperazine rings is 1. The first-order valence-corrected chi connectivity index (χ1v) is 17.4. The van der Waals surface area contributed by atoms with Crippen LogP contribution in [0.4, 0.5) is 16.2 Å². The fourth-order valence-electron chi connectivity index (χ4n) is 6.33. The van der Waals surface area contributed by atoms with E-state index in [4.69, 9.17) is 16.3 Å². The summed E-state index contributed by atoms with van der Waals surface area (Å²) in [6.45, 7) is 6.61. The smallest absolute Gasteiger partial charge is 0.331 e. The van der Waals surface area contributed by atoms with E-state index in [9.17, 15) is 24.4 Å². The molecule has 1 aromatic heterocycles. The van der Waals surface area contributed by atoms with Gasteiger partial charge in [0.15, 0.2) is 0 Å². The van der Waals surface area contributed by atoms with Crippen molar-refractivity contribution in [2.24, 2.45) is 10.9 Å². The number of aromatic nitrogens is 2. The van der Waals surface area contributed by atoms with Gasteiger partial charge < -0.3 is 15.0 Å². The molecule has 1 saturated carbocycles. The number of fused-ring (bicyclic) bond motifs is 1. The minimum Gasteiger partial charge on any atom is -0.353 e. The van der Waals surface area contributed by atoms with E-state index in [1.807, 2.05) is 55.1 Å². The van der Waals surface area contributed by atoms with Crippen molar-refractivity contribution in [2.75, 3.05) is 25.0 Å². The number of hydrogen-bond donors (Lipinski definition) is 1. The minimum absolute atomic E-state index is 0.0948. The van der Waals surface area contributed by atoms with Crippen LogP contribution in [0, 0.1) is 17.2 Å². The average Bonchev–Trinajstić information content (AvgIpc) is 3.95. The molecule has 1 saturated heterocycles. The first kappa shape index (κ1) is 35.7. The Bertz CT molecular complexity index is 2130. The highest BCUT2D eigenvalue weighted by molar-refractivity contribution is 6.32. The summed E-state index contributed by atoms with van der Waals surface area (Å²) in [4.78, 5) is 61.6. The number of rotatable bonds is 11. The molecule has 2 fully saturated rings. The number of aliphatic imine (C=N–C) groups is 1. The molecule has 264 valence electrons. The van der Waals surface area contributed by atoms with Gasteiger partial charge in [-0.25, -0.2) is 9.59 Å². The summed E-state index contributed by atoms with van der Waals surface area (Å²) < 4.78 is 9.26. The molecule has 51 heavy (non-hydrogen) atoms. The lowest BCUT2D eigenvalue weighted by Crippen LogP contribution is -2.61. The summed E-state index contributed by atoms with van der Waals surface area (Å²) in [5, 5.41) is 12.8. The van der Waals surface area contributed by atoms with Gasteiger partial charge in [0, 0.05) is 44.1 Å². The third-order valence-corrected chi connectivity index (χ3v) is 9.58. The molecule has 0 radical (unpaired) electrons. The van der Waals surface area contributed by atoms with Gasteiger partial charge in [-0.3, -0.25) is 28.6 Å². The van der Waals surface area contributed by atoms with E-state index in [1.165, 1.54) is 11.5 Å². The lowest BCUT2D eigenvalue weighted by Gasteiger charge is -2.42. The quantitative estimate of drug-likeness (QED) is 0.196. The number of carbonyl (C=O) groups is 2. The Morgan fingerprint density at radius 1 is 1.08 bits per heavy atom. The van der Waals surface area contributed by atoms with Crippen LogP contribution in [0.15, 0.2) is 81.3 Å². The van der Waals surface area contributed by atoms with Crippen LogP contribution in [0.25, 0.3) is 10.9 Å². The third-order valence-electron chi connectivity index (χ3n) is 9.27. The highest BCUT2D eigenvalue weighted by Crippen LogP contribution is 2.30. The summed E-state index contributed by atoms with van der Waals surface area (Å²) in [6, 6.07) is 20.2. The van der Waals surface area contributed by atoms with Gasteiger partial charge in [-0.2, -0.15) is 5.26 Å². The maximum Gasteiger partial charge on any atom is 0.331 e. The number of ketones is 1. The molecule has 13 heteroatoms. The largest absolute Gasteiger partial charge is 0.353 e. The van der Waals surface area contributed by atoms with Crippen LogP contribution in [-0.4, -0.2) is 68.9 Å².